The minimum atomic E-state index is -0.140. The van der Waals surface area contributed by atoms with Gasteiger partial charge in [0, 0.05) is 31.8 Å². The van der Waals surface area contributed by atoms with Crippen molar-refractivity contribution in [1.29, 1.82) is 0 Å². The lowest BCUT2D eigenvalue weighted by Crippen LogP contribution is -2.44. The van der Waals surface area contributed by atoms with Crippen LogP contribution < -0.4 is 0 Å². The highest BCUT2D eigenvalue weighted by molar-refractivity contribution is 5.96. The summed E-state index contributed by atoms with van der Waals surface area (Å²) in [5.74, 6) is 0.870. The van der Waals surface area contributed by atoms with Gasteiger partial charge in [0.25, 0.3) is 5.91 Å². The lowest BCUT2D eigenvalue weighted by Gasteiger charge is -2.35. The van der Waals surface area contributed by atoms with Crippen LogP contribution in [0.2, 0.25) is 0 Å². The van der Waals surface area contributed by atoms with Crippen LogP contribution in [-0.2, 0) is 17.7 Å². The quantitative estimate of drug-likeness (QED) is 0.612. The van der Waals surface area contributed by atoms with Crippen molar-refractivity contribution < 1.29 is 18.4 Å². The number of aromatic nitrogens is 1. The fraction of sp³-hybridized carbons (Fsp3) is 0.600. The maximum atomic E-state index is 14.0. The van der Waals surface area contributed by atoms with Gasteiger partial charge < -0.3 is 14.2 Å². The number of piperidine rings is 1. The summed E-state index contributed by atoms with van der Waals surface area (Å²) in [5.41, 5.74) is 2.09. The Kier molecular flexibility index (Phi) is 7.58. The van der Waals surface area contributed by atoms with Crippen molar-refractivity contribution in [1.82, 2.24) is 15.0 Å². The topological polar surface area (TPSA) is 58.8 Å². The summed E-state index contributed by atoms with van der Waals surface area (Å²) in [7, 11) is 0. The van der Waals surface area contributed by atoms with Gasteiger partial charge in [-0.3, -0.25) is 9.69 Å². The van der Waals surface area contributed by atoms with Crippen LogP contribution >= 0.6 is 0 Å². The van der Waals surface area contributed by atoms with Crippen molar-refractivity contribution in [3.05, 3.63) is 52.7 Å². The number of hydrogen-bond donors (Lipinski definition) is 0. The molecule has 1 aromatic carbocycles. The number of carbonyl (C=O) groups excluding carboxylic acids is 1. The fourth-order valence-corrected chi connectivity index (χ4v) is 4.87. The SMILES string of the molecule is CCc1noc(C)c1C(=O)N(CC1CCN(Cc2ccccc2F)CC1)C[C@H]1CCCO1. The Morgan fingerprint density at radius 2 is 2.00 bits per heavy atom. The average molecular weight is 444 g/mol. The van der Waals surface area contributed by atoms with E-state index in [9.17, 15) is 9.18 Å². The molecule has 2 aliphatic heterocycles. The number of likely N-dealkylation sites (tertiary alicyclic amines) is 1. The summed E-state index contributed by atoms with van der Waals surface area (Å²) in [4.78, 5) is 17.8. The monoisotopic (exact) mass is 443 g/mol. The van der Waals surface area contributed by atoms with E-state index < -0.39 is 0 Å². The first-order chi connectivity index (χ1) is 15.5. The van der Waals surface area contributed by atoms with Crippen molar-refractivity contribution in [2.45, 2.75) is 58.6 Å². The molecule has 0 radical (unpaired) electrons. The number of halogens is 1. The van der Waals surface area contributed by atoms with E-state index in [4.69, 9.17) is 9.26 Å². The fourth-order valence-electron chi connectivity index (χ4n) is 4.87. The molecule has 2 aromatic rings. The zero-order valence-electron chi connectivity index (χ0n) is 19.2. The van der Waals surface area contributed by atoms with Crippen LogP contribution in [-0.4, -0.2) is 59.8 Å². The predicted octanol–water partition coefficient (Wildman–Crippen LogP) is 4.22. The number of rotatable bonds is 8. The molecule has 1 amide bonds. The summed E-state index contributed by atoms with van der Waals surface area (Å²) in [6.07, 6.45) is 4.80. The van der Waals surface area contributed by atoms with Crippen LogP contribution in [0.15, 0.2) is 28.8 Å². The van der Waals surface area contributed by atoms with Crippen molar-refractivity contribution in [3.8, 4) is 0 Å². The van der Waals surface area contributed by atoms with E-state index in [1.807, 2.05) is 30.9 Å². The van der Waals surface area contributed by atoms with Crippen LogP contribution in [0.4, 0.5) is 4.39 Å². The number of hydrogen-bond acceptors (Lipinski definition) is 5. The summed E-state index contributed by atoms with van der Waals surface area (Å²) >= 11 is 0. The van der Waals surface area contributed by atoms with Gasteiger partial charge in [-0.1, -0.05) is 30.3 Å². The number of aryl methyl sites for hydroxylation is 2. The molecular formula is C25H34FN3O3. The molecule has 7 heteroatoms. The van der Waals surface area contributed by atoms with Crippen molar-refractivity contribution in [3.63, 3.8) is 0 Å². The Balaban J connectivity index is 1.39. The molecule has 2 aliphatic rings. The molecule has 3 heterocycles. The Hall–Kier alpha value is -2.25. The third-order valence-corrected chi connectivity index (χ3v) is 6.75. The maximum absolute atomic E-state index is 14.0. The van der Waals surface area contributed by atoms with Crippen molar-refractivity contribution >= 4 is 5.91 Å². The Morgan fingerprint density at radius 1 is 1.22 bits per heavy atom. The Labute approximate surface area is 189 Å². The summed E-state index contributed by atoms with van der Waals surface area (Å²) < 4.78 is 25.2. The molecule has 2 saturated heterocycles. The Bertz CT molecular complexity index is 902. The third-order valence-electron chi connectivity index (χ3n) is 6.75. The molecule has 0 aliphatic carbocycles. The lowest BCUT2D eigenvalue weighted by atomic mass is 9.95. The second-order valence-corrected chi connectivity index (χ2v) is 9.07. The van der Waals surface area contributed by atoms with Gasteiger partial charge in [-0.2, -0.15) is 0 Å². The van der Waals surface area contributed by atoms with E-state index in [1.54, 1.807) is 6.07 Å². The predicted molar refractivity (Wildman–Crippen MR) is 120 cm³/mol. The number of benzene rings is 1. The standard InChI is InChI=1S/C25H34FN3O3/c1-3-23-24(18(2)32-27-23)25(30)29(17-21-8-6-14-31-21)15-19-10-12-28(13-11-19)16-20-7-4-5-9-22(20)26/h4-5,7,9,19,21H,3,6,8,10-17H2,1-2H3/t21-/m1/s1. The first-order valence-corrected chi connectivity index (χ1v) is 11.9. The van der Waals surface area contributed by atoms with E-state index >= 15 is 0 Å². The van der Waals surface area contributed by atoms with Gasteiger partial charge >= 0.3 is 0 Å². The number of ether oxygens (including phenoxy) is 1. The molecule has 0 unspecified atom stereocenters. The normalized spacial score (nSPS) is 20.0. The molecule has 0 saturated carbocycles. The van der Waals surface area contributed by atoms with E-state index in [1.165, 1.54) is 6.07 Å². The molecular weight excluding hydrogens is 409 g/mol. The highest BCUT2D eigenvalue weighted by Gasteiger charge is 2.31. The molecule has 32 heavy (non-hydrogen) atoms. The van der Waals surface area contributed by atoms with E-state index in [-0.39, 0.29) is 17.8 Å². The second-order valence-electron chi connectivity index (χ2n) is 9.07. The van der Waals surface area contributed by atoms with E-state index in [0.29, 0.717) is 43.3 Å². The zero-order chi connectivity index (χ0) is 22.5. The zero-order valence-corrected chi connectivity index (χ0v) is 19.2. The van der Waals surface area contributed by atoms with Crippen LogP contribution in [0.5, 0.6) is 0 Å². The average Bonchev–Trinajstić information content (AvgIpc) is 3.45. The smallest absolute Gasteiger partial charge is 0.259 e. The van der Waals surface area contributed by atoms with Crippen molar-refractivity contribution in [2.24, 2.45) is 5.92 Å². The highest BCUT2D eigenvalue weighted by Crippen LogP contribution is 2.25. The molecule has 0 N–H and O–H groups in total. The van der Waals surface area contributed by atoms with Crippen LogP contribution in [0.3, 0.4) is 0 Å². The number of amides is 1. The van der Waals surface area contributed by atoms with Gasteiger partial charge in [-0.25, -0.2) is 4.39 Å². The van der Waals surface area contributed by atoms with Gasteiger partial charge in [-0.05, 0) is 64.1 Å². The minimum Gasteiger partial charge on any atom is -0.376 e. The van der Waals surface area contributed by atoms with E-state index in [2.05, 4.69) is 10.1 Å². The van der Waals surface area contributed by atoms with Crippen LogP contribution in [0.25, 0.3) is 0 Å². The molecule has 6 nitrogen and oxygen atoms in total. The summed E-state index contributed by atoms with van der Waals surface area (Å²) in [6.45, 7) is 8.35. The molecule has 0 bridgehead atoms. The first kappa shape index (κ1) is 22.9. The van der Waals surface area contributed by atoms with Gasteiger partial charge in [0.15, 0.2) is 0 Å². The molecule has 1 aromatic heterocycles. The number of carbonyl (C=O) groups is 1. The summed E-state index contributed by atoms with van der Waals surface area (Å²) in [6, 6.07) is 6.99. The van der Waals surface area contributed by atoms with Gasteiger partial charge in [0.1, 0.15) is 17.1 Å². The van der Waals surface area contributed by atoms with Crippen LogP contribution in [0.1, 0.15) is 60.0 Å². The third kappa shape index (κ3) is 5.38. The molecule has 174 valence electrons. The van der Waals surface area contributed by atoms with Gasteiger partial charge in [0.05, 0.1) is 11.8 Å². The molecule has 1 atom stereocenters. The van der Waals surface area contributed by atoms with Gasteiger partial charge in [-0.15, -0.1) is 0 Å². The second kappa shape index (κ2) is 10.6. The Morgan fingerprint density at radius 3 is 2.69 bits per heavy atom. The maximum Gasteiger partial charge on any atom is 0.259 e. The first-order valence-electron chi connectivity index (χ1n) is 11.9. The largest absolute Gasteiger partial charge is 0.376 e. The van der Waals surface area contributed by atoms with Crippen LogP contribution in [0, 0.1) is 18.7 Å². The highest BCUT2D eigenvalue weighted by atomic mass is 19.1. The van der Waals surface area contributed by atoms with Crippen molar-refractivity contribution in [2.75, 3.05) is 32.8 Å². The molecule has 4 rings (SSSR count). The van der Waals surface area contributed by atoms with E-state index in [0.717, 1.165) is 56.6 Å². The van der Waals surface area contributed by atoms with Gasteiger partial charge in [0.2, 0.25) is 0 Å². The lowest BCUT2D eigenvalue weighted by molar-refractivity contribution is 0.0442. The molecule has 2 fully saturated rings. The minimum absolute atomic E-state index is 0.00452. The number of nitrogens with zero attached hydrogens (tertiary/aromatic N) is 3. The molecule has 0 spiro atoms. The summed E-state index contributed by atoms with van der Waals surface area (Å²) in [5, 5.41) is 4.08.